The number of fused-ring (bicyclic) bond motifs is 1. The minimum absolute atomic E-state index is 0.00354. The molecule has 1 N–H and O–H groups in total. The molecule has 2 fully saturated rings. The topological polar surface area (TPSA) is 86.0 Å². The van der Waals surface area contributed by atoms with E-state index in [2.05, 4.69) is 21.3 Å². The number of nitrogens with zero attached hydrogens (tertiary/aromatic N) is 3. The lowest BCUT2D eigenvalue weighted by Gasteiger charge is -2.32. The molecule has 4 aromatic rings. The summed E-state index contributed by atoms with van der Waals surface area (Å²) in [5.41, 5.74) is 3.00. The third kappa shape index (κ3) is 6.41. The predicted octanol–water partition coefficient (Wildman–Crippen LogP) is 6.18. The molecule has 0 bridgehead atoms. The zero-order chi connectivity index (χ0) is 31.8. The zero-order valence-corrected chi connectivity index (χ0v) is 25.7. The van der Waals surface area contributed by atoms with Crippen molar-refractivity contribution in [3.63, 3.8) is 0 Å². The number of aromatic nitrogens is 2. The molecule has 7 rings (SSSR count). The van der Waals surface area contributed by atoms with Gasteiger partial charge in [-0.15, -0.1) is 0 Å². The van der Waals surface area contributed by atoms with E-state index >= 15 is 0 Å². The minimum Gasteiger partial charge on any atom is -0.490 e. The Kier molecular flexibility index (Phi) is 8.56. The van der Waals surface area contributed by atoms with Gasteiger partial charge in [0.1, 0.15) is 36.0 Å². The van der Waals surface area contributed by atoms with Crippen LogP contribution in [0, 0.1) is 29.4 Å². The van der Waals surface area contributed by atoms with E-state index in [9.17, 15) is 18.7 Å². The smallest absolute Gasteiger partial charge is 0.320 e. The number of ether oxygens (including phenoxy) is 3. The summed E-state index contributed by atoms with van der Waals surface area (Å²) in [5.74, 6) is 4.28. The third-order valence-electron chi connectivity index (χ3n) is 8.88. The Hall–Kier alpha value is -4.17. The van der Waals surface area contributed by atoms with Gasteiger partial charge in [0.15, 0.2) is 11.6 Å². The van der Waals surface area contributed by atoms with Gasteiger partial charge in [0.2, 0.25) is 0 Å². The van der Waals surface area contributed by atoms with Crippen LogP contribution in [0.25, 0.3) is 11.0 Å². The van der Waals surface area contributed by atoms with Crippen molar-refractivity contribution in [2.24, 2.45) is 5.92 Å². The van der Waals surface area contributed by atoms with E-state index in [0.717, 1.165) is 67.4 Å². The van der Waals surface area contributed by atoms with Crippen molar-refractivity contribution >= 4 is 28.6 Å². The first-order valence-electron chi connectivity index (χ1n) is 15.4. The fraction of sp³-hybridized carbons (Fsp3) is 0.371. The summed E-state index contributed by atoms with van der Waals surface area (Å²) in [6.45, 7) is 3.54. The van der Waals surface area contributed by atoms with Gasteiger partial charge in [-0.1, -0.05) is 29.5 Å². The monoisotopic (exact) mass is 647 g/mol. The molecule has 0 amide bonds. The Balaban J connectivity index is 0.994. The van der Waals surface area contributed by atoms with Crippen LogP contribution in [0.15, 0.2) is 54.6 Å². The molecule has 3 heterocycles. The predicted molar refractivity (Wildman–Crippen MR) is 167 cm³/mol. The molecule has 1 aliphatic carbocycles. The Morgan fingerprint density at radius 1 is 1.04 bits per heavy atom. The normalized spacial score (nSPS) is 21.2. The van der Waals surface area contributed by atoms with E-state index in [1.54, 1.807) is 12.1 Å². The van der Waals surface area contributed by atoms with Crippen molar-refractivity contribution in [3.05, 3.63) is 88.2 Å². The summed E-state index contributed by atoms with van der Waals surface area (Å²) in [6, 6.07) is 14.5. The molecule has 2 unspecified atom stereocenters. The van der Waals surface area contributed by atoms with E-state index in [0.29, 0.717) is 18.8 Å². The fourth-order valence-electron chi connectivity index (χ4n) is 6.13. The SMILES string of the molecule is O=C(O)C1C#CC1c1ccc2nc(CN3CCC(Oc4ccc(F)c(COc5ccc(Cl)cc5F)c4)CC3)n(C[C@@H]3CCO3)c2c1. The van der Waals surface area contributed by atoms with Crippen LogP contribution in [0.2, 0.25) is 5.02 Å². The lowest BCUT2D eigenvalue weighted by atomic mass is 9.80. The quantitative estimate of drug-likeness (QED) is 0.195. The number of carboxylic acid groups (broad SMARTS) is 1. The molecule has 0 saturated carbocycles. The number of hydrogen-bond donors (Lipinski definition) is 1. The number of imidazole rings is 1. The van der Waals surface area contributed by atoms with Gasteiger partial charge in [-0.05, 0) is 73.4 Å². The van der Waals surface area contributed by atoms with Crippen LogP contribution in [-0.2, 0) is 29.2 Å². The van der Waals surface area contributed by atoms with E-state index in [4.69, 9.17) is 30.8 Å². The van der Waals surface area contributed by atoms with Gasteiger partial charge < -0.3 is 23.9 Å². The van der Waals surface area contributed by atoms with Crippen LogP contribution in [0.3, 0.4) is 0 Å². The first-order valence-corrected chi connectivity index (χ1v) is 15.8. The summed E-state index contributed by atoms with van der Waals surface area (Å²) in [5, 5.41) is 9.75. The van der Waals surface area contributed by atoms with Crippen molar-refractivity contribution < 1.29 is 32.9 Å². The molecule has 2 saturated heterocycles. The second-order valence-electron chi connectivity index (χ2n) is 12.0. The summed E-state index contributed by atoms with van der Waals surface area (Å²) in [7, 11) is 0. The summed E-state index contributed by atoms with van der Waals surface area (Å²) < 4.78 is 48.3. The molecule has 238 valence electrons. The number of rotatable bonds is 11. The highest BCUT2D eigenvalue weighted by molar-refractivity contribution is 6.30. The molecule has 8 nitrogen and oxygen atoms in total. The molecule has 2 aliphatic heterocycles. The Morgan fingerprint density at radius 3 is 2.57 bits per heavy atom. The van der Waals surface area contributed by atoms with Crippen molar-refractivity contribution in [1.82, 2.24) is 14.5 Å². The summed E-state index contributed by atoms with van der Waals surface area (Å²) in [6.07, 6.45) is 2.65. The van der Waals surface area contributed by atoms with E-state index in [1.807, 2.05) is 18.2 Å². The van der Waals surface area contributed by atoms with Gasteiger partial charge in [0.25, 0.3) is 0 Å². The maximum Gasteiger partial charge on any atom is 0.320 e. The van der Waals surface area contributed by atoms with Crippen LogP contribution in [0.5, 0.6) is 11.5 Å². The van der Waals surface area contributed by atoms with Crippen molar-refractivity contribution in [3.8, 4) is 23.3 Å². The average Bonchev–Trinajstić information content (AvgIpc) is 3.32. The zero-order valence-electron chi connectivity index (χ0n) is 24.9. The highest BCUT2D eigenvalue weighted by atomic mass is 35.5. The Labute approximate surface area is 269 Å². The lowest BCUT2D eigenvalue weighted by molar-refractivity contribution is -0.140. The van der Waals surface area contributed by atoms with E-state index in [1.165, 1.54) is 18.2 Å². The molecule has 0 spiro atoms. The first kappa shape index (κ1) is 30.5. The number of piperidine rings is 1. The third-order valence-corrected chi connectivity index (χ3v) is 9.12. The number of hydrogen-bond acceptors (Lipinski definition) is 6. The number of benzene rings is 3. The van der Waals surface area contributed by atoms with Crippen molar-refractivity contribution in [2.45, 2.75) is 57.1 Å². The standard InChI is InChI=1S/C35H32ClF2N3O5/c36-23-2-8-33(30(38)17-23)45-20-22-15-25(3-6-29(22)37)46-24-9-12-40(13-10-24)19-34-39-31-7-1-21(27-4-5-28(27)35(42)43)16-32(31)41(34)18-26-11-14-44-26/h1-3,6-8,15-17,24,26-28H,9-14,18-20H2,(H,42,43)/t26-,27?,28?/m0/s1. The average molecular weight is 648 g/mol. The van der Waals surface area contributed by atoms with Gasteiger partial charge in [-0.25, -0.2) is 13.8 Å². The summed E-state index contributed by atoms with van der Waals surface area (Å²) >= 11 is 5.80. The van der Waals surface area contributed by atoms with Crippen LogP contribution in [0.4, 0.5) is 8.78 Å². The molecule has 3 atom stereocenters. The van der Waals surface area contributed by atoms with Gasteiger partial charge >= 0.3 is 5.97 Å². The van der Waals surface area contributed by atoms with Crippen LogP contribution in [0.1, 0.15) is 42.1 Å². The van der Waals surface area contributed by atoms with Crippen LogP contribution >= 0.6 is 11.6 Å². The highest BCUT2D eigenvalue weighted by Gasteiger charge is 2.33. The van der Waals surface area contributed by atoms with E-state index < -0.39 is 23.5 Å². The molecule has 3 aromatic carbocycles. The maximum absolute atomic E-state index is 14.5. The second kappa shape index (κ2) is 12.9. The molecule has 0 radical (unpaired) electrons. The summed E-state index contributed by atoms with van der Waals surface area (Å²) in [4.78, 5) is 18.9. The Morgan fingerprint density at radius 2 is 1.87 bits per heavy atom. The van der Waals surface area contributed by atoms with Crippen molar-refractivity contribution in [1.29, 1.82) is 0 Å². The number of carboxylic acids is 1. The van der Waals surface area contributed by atoms with Gasteiger partial charge in [0.05, 0.1) is 36.1 Å². The number of aliphatic carboxylic acids is 1. The highest BCUT2D eigenvalue weighted by Crippen LogP contribution is 2.33. The van der Waals surface area contributed by atoms with Gasteiger partial charge in [-0.3, -0.25) is 9.69 Å². The largest absolute Gasteiger partial charge is 0.490 e. The molecule has 11 heteroatoms. The molecular formula is C35H32ClF2N3O5. The van der Waals surface area contributed by atoms with Crippen LogP contribution in [-0.4, -0.2) is 57.4 Å². The molecule has 46 heavy (non-hydrogen) atoms. The van der Waals surface area contributed by atoms with E-state index in [-0.39, 0.29) is 41.1 Å². The maximum atomic E-state index is 14.5. The number of carbonyl (C=O) groups is 1. The van der Waals surface area contributed by atoms with Crippen molar-refractivity contribution in [2.75, 3.05) is 19.7 Å². The van der Waals surface area contributed by atoms with Crippen LogP contribution < -0.4 is 9.47 Å². The van der Waals surface area contributed by atoms with Gasteiger partial charge in [0, 0.05) is 30.3 Å². The first-order chi connectivity index (χ1) is 22.3. The molecule has 3 aliphatic rings. The number of likely N-dealkylation sites (tertiary alicyclic amines) is 1. The fourth-order valence-corrected chi connectivity index (χ4v) is 6.29. The lowest BCUT2D eigenvalue weighted by Crippen LogP contribution is -2.39. The van der Waals surface area contributed by atoms with Gasteiger partial charge in [-0.2, -0.15) is 0 Å². The Bertz CT molecular complexity index is 1840. The number of halogens is 3. The minimum atomic E-state index is -0.895. The molecular weight excluding hydrogens is 616 g/mol. The second-order valence-corrected chi connectivity index (χ2v) is 12.4. The molecule has 1 aromatic heterocycles.